The lowest BCUT2D eigenvalue weighted by atomic mass is 10.1. The highest BCUT2D eigenvalue weighted by Gasteiger charge is 2.13. The van der Waals surface area contributed by atoms with Crippen LogP contribution in [0.4, 0.5) is 15.8 Å². The lowest BCUT2D eigenvalue weighted by molar-refractivity contribution is -0.119. The molecule has 0 aromatic heterocycles. The normalized spacial score (nSPS) is 10.1. The van der Waals surface area contributed by atoms with Crippen LogP contribution in [0.1, 0.15) is 12.5 Å². The Morgan fingerprint density at radius 1 is 1.53 bits per heavy atom. The van der Waals surface area contributed by atoms with Crippen molar-refractivity contribution in [2.75, 3.05) is 30.8 Å². The molecule has 0 atom stereocenters. The van der Waals surface area contributed by atoms with E-state index in [4.69, 9.17) is 5.73 Å². The van der Waals surface area contributed by atoms with E-state index in [1.54, 1.807) is 24.9 Å². The maximum Gasteiger partial charge on any atom is 0.239 e. The van der Waals surface area contributed by atoms with Crippen LogP contribution in [-0.4, -0.2) is 26.0 Å². The van der Waals surface area contributed by atoms with Gasteiger partial charge in [0, 0.05) is 13.6 Å². The van der Waals surface area contributed by atoms with Gasteiger partial charge in [0.2, 0.25) is 5.91 Å². The SMILES string of the molecule is CCN(CC(=O)NC)c1cc(C)c(F)cc1N. The fraction of sp³-hybridized carbons (Fsp3) is 0.417. The first-order valence-electron chi connectivity index (χ1n) is 5.50. The molecule has 0 aliphatic heterocycles. The summed E-state index contributed by atoms with van der Waals surface area (Å²) < 4.78 is 13.3. The predicted molar refractivity (Wildman–Crippen MR) is 67.5 cm³/mol. The van der Waals surface area contributed by atoms with E-state index in [9.17, 15) is 9.18 Å². The molecule has 1 aromatic carbocycles. The van der Waals surface area contributed by atoms with Crippen molar-refractivity contribution >= 4 is 17.3 Å². The standard InChI is InChI=1S/C12H18FN3O/c1-4-16(7-12(17)15-3)11-5-8(2)9(13)6-10(11)14/h5-6H,4,7,14H2,1-3H3,(H,15,17). The largest absolute Gasteiger partial charge is 0.397 e. The van der Waals surface area contributed by atoms with E-state index >= 15 is 0 Å². The fourth-order valence-electron chi connectivity index (χ4n) is 1.58. The molecule has 5 heteroatoms. The van der Waals surface area contributed by atoms with Crippen LogP contribution in [0.5, 0.6) is 0 Å². The predicted octanol–water partition coefficient (Wildman–Crippen LogP) is 1.29. The molecule has 94 valence electrons. The molecular weight excluding hydrogens is 221 g/mol. The molecule has 0 saturated carbocycles. The monoisotopic (exact) mass is 239 g/mol. The van der Waals surface area contributed by atoms with Gasteiger partial charge in [0.05, 0.1) is 17.9 Å². The third-order valence-corrected chi connectivity index (χ3v) is 2.64. The number of amides is 1. The summed E-state index contributed by atoms with van der Waals surface area (Å²) >= 11 is 0. The number of carbonyl (C=O) groups is 1. The average Bonchev–Trinajstić information content (AvgIpc) is 2.30. The first kappa shape index (κ1) is 13.3. The van der Waals surface area contributed by atoms with Gasteiger partial charge in [0.25, 0.3) is 0 Å². The number of anilines is 2. The molecular formula is C12H18FN3O. The van der Waals surface area contributed by atoms with E-state index in [1.807, 2.05) is 6.92 Å². The number of nitrogen functional groups attached to an aromatic ring is 1. The lowest BCUT2D eigenvalue weighted by Gasteiger charge is -2.24. The number of hydrogen-bond donors (Lipinski definition) is 2. The van der Waals surface area contributed by atoms with E-state index in [0.717, 1.165) is 0 Å². The van der Waals surface area contributed by atoms with E-state index in [2.05, 4.69) is 5.32 Å². The molecule has 0 fully saturated rings. The Labute approximate surface area is 101 Å². The van der Waals surface area contributed by atoms with Crippen LogP contribution in [0, 0.1) is 12.7 Å². The molecule has 0 saturated heterocycles. The minimum absolute atomic E-state index is 0.103. The van der Waals surface area contributed by atoms with Gasteiger partial charge in [-0.1, -0.05) is 0 Å². The van der Waals surface area contributed by atoms with Crippen molar-refractivity contribution in [1.82, 2.24) is 5.32 Å². The first-order valence-corrected chi connectivity index (χ1v) is 5.50. The van der Waals surface area contributed by atoms with Crippen LogP contribution in [-0.2, 0) is 4.79 Å². The lowest BCUT2D eigenvalue weighted by Crippen LogP contribution is -2.36. The van der Waals surface area contributed by atoms with Gasteiger partial charge in [-0.2, -0.15) is 0 Å². The Morgan fingerprint density at radius 3 is 2.71 bits per heavy atom. The van der Waals surface area contributed by atoms with Crippen LogP contribution in [0.25, 0.3) is 0 Å². The van der Waals surface area contributed by atoms with Gasteiger partial charge in [-0.15, -0.1) is 0 Å². The van der Waals surface area contributed by atoms with Crippen molar-refractivity contribution in [3.8, 4) is 0 Å². The zero-order chi connectivity index (χ0) is 13.0. The number of rotatable bonds is 4. The smallest absolute Gasteiger partial charge is 0.239 e. The second-order valence-electron chi connectivity index (χ2n) is 3.85. The summed E-state index contributed by atoms with van der Waals surface area (Å²) in [7, 11) is 1.58. The maximum atomic E-state index is 13.3. The summed E-state index contributed by atoms with van der Waals surface area (Å²) in [5.41, 5.74) is 7.32. The second kappa shape index (κ2) is 5.52. The summed E-state index contributed by atoms with van der Waals surface area (Å²) in [6.07, 6.45) is 0. The number of hydrogen-bond acceptors (Lipinski definition) is 3. The Hall–Kier alpha value is -1.78. The quantitative estimate of drug-likeness (QED) is 0.778. The minimum atomic E-state index is -0.331. The number of nitrogens with two attached hydrogens (primary N) is 1. The van der Waals surface area contributed by atoms with Crippen molar-refractivity contribution in [1.29, 1.82) is 0 Å². The van der Waals surface area contributed by atoms with E-state index < -0.39 is 0 Å². The van der Waals surface area contributed by atoms with E-state index in [1.165, 1.54) is 6.07 Å². The highest BCUT2D eigenvalue weighted by Crippen LogP contribution is 2.26. The molecule has 17 heavy (non-hydrogen) atoms. The van der Waals surface area contributed by atoms with Crippen LogP contribution in [0.3, 0.4) is 0 Å². The number of halogens is 1. The summed E-state index contributed by atoms with van der Waals surface area (Å²) in [6.45, 7) is 4.43. The highest BCUT2D eigenvalue weighted by molar-refractivity contribution is 5.83. The molecule has 0 radical (unpaired) electrons. The third kappa shape index (κ3) is 3.09. The molecule has 0 spiro atoms. The van der Waals surface area contributed by atoms with Crippen LogP contribution in [0.15, 0.2) is 12.1 Å². The average molecular weight is 239 g/mol. The number of nitrogens with zero attached hydrogens (tertiary/aromatic N) is 1. The molecule has 0 heterocycles. The molecule has 0 bridgehead atoms. The summed E-state index contributed by atoms with van der Waals surface area (Å²) in [5, 5.41) is 2.55. The Bertz CT molecular complexity index is 420. The van der Waals surface area contributed by atoms with Crippen molar-refractivity contribution in [2.45, 2.75) is 13.8 Å². The van der Waals surface area contributed by atoms with Crippen molar-refractivity contribution in [3.63, 3.8) is 0 Å². The van der Waals surface area contributed by atoms with Crippen molar-refractivity contribution in [2.24, 2.45) is 0 Å². The third-order valence-electron chi connectivity index (χ3n) is 2.64. The number of aryl methyl sites for hydroxylation is 1. The molecule has 1 rings (SSSR count). The topological polar surface area (TPSA) is 58.4 Å². The molecule has 1 amide bonds. The number of nitrogens with one attached hydrogen (secondary N) is 1. The van der Waals surface area contributed by atoms with Gasteiger partial charge < -0.3 is 16.0 Å². The Kier molecular flexibility index (Phi) is 4.31. The second-order valence-corrected chi connectivity index (χ2v) is 3.85. The van der Waals surface area contributed by atoms with Gasteiger partial charge in [-0.3, -0.25) is 4.79 Å². The highest BCUT2D eigenvalue weighted by atomic mass is 19.1. The zero-order valence-corrected chi connectivity index (χ0v) is 10.4. The number of likely N-dealkylation sites (N-methyl/N-ethyl adjacent to an activating group) is 2. The Balaban J connectivity index is 3.03. The number of carbonyl (C=O) groups excluding carboxylic acids is 1. The molecule has 1 aromatic rings. The molecule has 4 nitrogen and oxygen atoms in total. The summed E-state index contributed by atoms with van der Waals surface area (Å²) in [4.78, 5) is 13.2. The van der Waals surface area contributed by atoms with Gasteiger partial charge in [0.1, 0.15) is 5.82 Å². The Morgan fingerprint density at radius 2 is 2.18 bits per heavy atom. The molecule has 0 aliphatic carbocycles. The number of benzene rings is 1. The summed E-state index contributed by atoms with van der Waals surface area (Å²) in [5.74, 6) is -0.435. The molecule has 3 N–H and O–H groups in total. The zero-order valence-electron chi connectivity index (χ0n) is 10.4. The first-order chi connectivity index (χ1) is 7.99. The van der Waals surface area contributed by atoms with Gasteiger partial charge in [-0.25, -0.2) is 4.39 Å². The van der Waals surface area contributed by atoms with Crippen molar-refractivity contribution < 1.29 is 9.18 Å². The van der Waals surface area contributed by atoms with Gasteiger partial charge in [0.15, 0.2) is 0 Å². The van der Waals surface area contributed by atoms with Gasteiger partial charge in [-0.05, 0) is 31.5 Å². The van der Waals surface area contributed by atoms with Crippen LogP contribution >= 0.6 is 0 Å². The minimum Gasteiger partial charge on any atom is -0.397 e. The molecule has 0 unspecified atom stereocenters. The van der Waals surface area contributed by atoms with Gasteiger partial charge >= 0.3 is 0 Å². The van der Waals surface area contributed by atoms with E-state index in [-0.39, 0.29) is 18.3 Å². The molecule has 0 aliphatic rings. The van der Waals surface area contributed by atoms with Crippen LogP contribution < -0.4 is 16.0 Å². The fourth-order valence-corrected chi connectivity index (χ4v) is 1.58. The van der Waals surface area contributed by atoms with Crippen LogP contribution in [0.2, 0.25) is 0 Å². The maximum absolute atomic E-state index is 13.3. The van der Waals surface area contributed by atoms with E-state index in [0.29, 0.717) is 23.5 Å². The van der Waals surface area contributed by atoms with Crippen molar-refractivity contribution in [3.05, 3.63) is 23.5 Å². The summed E-state index contributed by atoms with van der Waals surface area (Å²) in [6, 6.07) is 2.95.